The predicted octanol–water partition coefficient (Wildman–Crippen LogP) is 4.30. The van der Waals surface area contributed by atoms with Gasteiger partial charge in [-0.05, 0) is 48.4 Å². The molecule has 3 aromatic rings. The number of aromatic nitrogens is 2. The zero-order chi connectivity index (χ0) is 25.4. The molecule has 182 valence electrons. The molecule has 0 atom stereocenters. The molecule has 2 aromatic carbocycles. The first-order valence-electron chi connectivity index (χ1n) is 10.2. The highest BCUT2D eigenvalue weighted by Crippen LogP contribution is 2.27. The maximum atomic E-state index is 12.4. The van der Waals surface area contributed by atoms with E-state index in [-0.39, 0.29) is 10.7 Å². The van der Waals surface area contributed by atoms with Gasteiger partial charge in [-0.15, -0.1) is 0 Å². The van der Waals surface area contributed by atoms with Crippen LogP contribution < -0.4 is 14.8 Å². The van der Waals surface area contributed by atoms with Gasteiger partial charge in [0.1, 0.15) is 23.1 Å². The van der Waals surface area contributed by atoms with Crippen LogP contribution in [0.25, 0.3) is 6.08 Å². The highest BCUT2D eigenvalue weighted by Gasteiger charge is 2.17. The van der Waals surface area contributed by atoms with Crippen LogP contribution in [0.4, 0.5) is 5.13 Å². The van der Waals surface area contributed by atoms with E-state index in [1.54, 1.807) is 24.3 Å². The third-order valence-electron chi connectivity index (χ3n) is 4.40. The molecule has 0 radical (unpaired) electrons. The second kappa shape index (κ2) is 11.8. The van der Waals surface area contributed by atoms with Crippen molar-refractivity contribution >= 4 is 50.1 Å². The Morgan fingerprint density at radius 3 is 2.66 bits per heavy atom. The second-order valence-corrected chi connectivity index (χ2v) is 10.4. The molecule has 1 amide bonds. The molecule has 3 rings (SSSR count). The van der Waals surface area contributed by atoms with Crippen LogP contribution in [-0.2, 0) is 14.6 Å². The van der Waals surface area contributed by atoms with Gasteiger partial charge in [0.25, 0.3) is 11.1 Å². The fourth-order valence-corrected chi connectivity index (χ4v) is 4.43. The summed E-state index contributed by atoms with van der Waals surface area (Å²) in [4.78, 5) is 16.1. The van der Waals surface area contributed by atoms with Crippen LogP contribution in [-0.4, -0.2) is 43.2 Å². The molecule has 0 aliphatic heterocycles. The van der Waals surface area contributed by atoms with Gasteiger partial charge in [-0.2, -0.15) is 14.6 Å². The van der Waals surface area contributed by atoms with Gasteiger partial charge in [0.15, 0.2) is 0 Å². The molecular weight excluding hydrogens is 512 g/mol. The molecular formula is C23H21ClN4O5S2. The molecule has 1 aromatic heterocycles. The Balaban J connectivity index is 1.55. The van der Waals surface area contributed by atoms with Crippen LogP contribution in [0.5, 0.6) is 11.5 Å². The van der Waals surface area contributed by atoms with Crippen molar-refractivity contribution in [1.29, 1.82) is 5.26 Å². The lowest BCUT2D eigenvalue weighted by atomic mass is 10.1. The first kappa shape index (κ1) is 26.2. The Labute approximate surface area is 212 Å². The number of benzene rings is 2. The summed E-state index contributed by atoms with van der Waals surface area (Å²) in [6, 6.07) is 14.5. The lowest BCUT2D eigenvalue weighted by Gasteiger charge is -2.10. The zero-order valence-corrected chi connectivity index (χ0v) is 21.2. The Hall–Kier alpha value is -3.46. The quantitative estimate of drug-likeness (QED) is 0.232. The normalized spacial score (nSPS) is 11.5. The molecule has 0 aliphatic carbocycles. The lowest BCUT2D eigenvalue weighted by Crippen LogP contribution is -2.13. The molecule has 0 saturated heterocycles. The molecule has 1 heterocycles. The fourth-order valence-electron chi connectivity index (χ4n) is 2.75. The minimum absolute atomic E-state index is 0.0373. The molecule has 0 unspecified atom stereocenters. The second-order valence-electron chi connectivity index (χ2n) is 7.34. The van der Waals surface area contributed by atoms with Crippen LogP contribution in [0.1, 0.15) is 17.5 Å². The number of rotatable bonds is 10. The van der Waals surface area contributed by atoms with E-state index >= 15 is 0 Å². The van der Waals surface area contributed by atoms with E-state index in [9.17, 15) is 18.5 Å². The van der Waals surface area contributed by atoms with Gasteiger partial charge in [0, 0.05) is 24.2 Å². The van der Waals surface area contributed by atoms with Gasteiger partial charge in [0.05, 0.1) is 18.2 Å². The maximum Gasteiger partial charge on any atom is 0.268 e. The summed E-state index contributed by atoms with van der Waals surface area (Å²) >= 11 is 6.99. The fraction of sp³-hybridized carbons (Fsp3) is 0.217. The number of carbonyl (C=O) groups excluding carboxylic acids is 1. The SMILES string of the molecule is Cc1cccc(OCCCOc2ccc(/C=C(/C#N)C(=O)Nc3nc(S(C)(=O)=O)ns3)cc2Cl)c1. The number of nitrogens with zero attached hydrogens (tertiary/aromatic N) is 3. The number of hydrogen-bond acceptors (Lipinski definition) is 9. The van der Waals surface area contributed by atoms with E-state index in [1.807, 2.05) is 31.2 Å². The number of nitriles is 1. The summed E-state index contributed by atoms with van der Waals surface area (Å²) in [5, 5.41) is 11.6. The number of hydrogen-bond donors (Lipinski definition) is 1. The summed E-state index contributed by atoms with van der Waals surface area (Å²) in [6.07, 6.45) is 2.95. The van der Waals surface area contributed by atoms with Crippen molar-refractivity contribution in [1.82, 2.24) is 9.36 Å². The van der Waals surface area contributed by atoms with E-state index in [4.69, 9.17) is 21.1 Å². The number of ether oxygens (including phenoxy) is 2. The summed E-state index contributed by atoms with van der Waals surface area (Å²) in [7, 11) is -3.60. The molecule has 9 nitrogen and oxygen atoms in total. The number of halogens is 1. The van der Waals surface area contributed by atoms with Crippen molar-refractivity contribution in [3.8, 4) is 17.6 Å². The summed E-state index contributed by atoms with van der Waals surface area (Å²) in [5.74, 6) is 0.511. The van der Waals surface area contributed by atoms with Crippen molar-refractivity contribution in [3.05, 3.63) is 64.2 Å². The number of amides is 1. The van der Waals surface area contributed by atoms with Gasteiger partial charge < -0.3 is 9.47 Å². The summed E-state index contributed by atoms with van der Waals surface area (Å²) in [5.41, 5.74) is 1.41. The smallest absolute Gasteiger partial charge is 0.268 e. The van der Waals surface area contributed by atoms with Gasteiger partial charge >= 0.3 is 0 Å². The van der Waals surface area contributed by atoms with E-state index in [2.05, 4.69) is 14.7 Å². The highest BCUT2D eigenvalue weighted by molar-refractivity contribution is 7.90. The molecule has 35 heavy (non-hydrogen) atoms. The average Bonchev–Trinajstić information content (AvgIpc) is 3.27. The standard InChI is InChI=1S/C23H21ClN4O5S2/c1-15-5-3-6-18(11-15)32-9-4-10-33-20-8-7-16(13-19(20)24)12-17(14-25)21(29)26-22-27-23(28-34-22)35(2,30)31/h3,5-8,11-13H,4,9-10H2,1-2H3,(H,26,27,28,29)/b17-12-. The summed E-state index contributed by atoms with van der Waals surface area (Å²) in [6.45, 7) is 2.88. The molecule has 0 fully saturated rings. The Morgan fingerprint density at radius 2 is 2.00 bits per heavy atom. The number of aryl methyl sites for hydroxylation is 1. The third kappa shape index (κ3) is 7.78. The Kier molecular flexibility index (Phi) is 8.81. The van der Waals surface area contributed by atoms with E-state index in [0.29, 0.717) is 47.5 Å². The number of carbonyl (C=O) groups is 1. The third-order valence-corrected chi connectivity index (χ3v) is 6.28. The largest absolute Gasteiger partial charge is 0.493 e. The minimum atomic E-state index is -3.60. The highest BCUT2D eigenvalue weighted by atomic mass is 35.5. The maximum absolute atomic E-state index is 12.4. The average molecular weight is 533 g/mol. The minimum Gasteiger partial charge on any atom is -0.493 e. The van der Waals surface area contributed by atoms with E-state index < -0.39 is 20.9 Å². The number of nitrogens with one attached hydrogen (secondary N) is 1. The van der Waals surface area contributed by atoms with Crippen LogP contribution in [0.2, 0.25) is 5.02 Å². The van der Waals surface area contributed by atoms with Crippen LogP contribution in [0.15, 0.2) is 53.2 Å². The van der Waals surface area contributed by atoms with E-state index in [0.717, 1.165) is 17.6 Å². The van der Waals surface area contributed by atoms with Crippen molar-refractivity contribution < 1.29 is 22.7 Å². The van der Waals surface area contributed by atoms with Gasteiger partial charge in [-0.1, -0.05) is 29.8 Å². The van der Waals surface area contributed by atoms with Gasteiger partial charge in [0.2, 0.25) is 15.0 Å². The Morgan fingerprint density at radius 1 is 1.23 bits per heavy atom. The monoisotopic (exact) mass is 532 g/mol. The first-order chi connectivity index (χ1) is 16.7. The van der Waals surface area contributed by atoms with Crippen LogP contribution >= 0.6 is 23.1 Å². The van der Waals surface area contributed by atoms with Gasteiger partial charge in [-0.25, -0.2) is 8.42 Å². The molecule has 0 spiro atoms. The molecule has 0 saturated carbocycles. The lowest BCUT2D eigenvalue weighted by molar-refractivity contribution is -0.112. The van der Waals surface area contributed by atoms with Crippen molar-refractivity contribution in [2.24, 2.45) is 0 Å². The van der Waals surface area contributed by atoms with Gasteiger partial charge in [-0.3, -0.25) is 10.1 Å². The molecule has 1 N–H and O–H groups in total. The number of sulfone groups is 1. The number of anilines is 1. The first-order valence-corrected chi connectivity index (χ1v) is 13.3. The van der Waals surface area contributed by atoms with Crippen molar-refractivity contribution in [2.45, 2.75) is 18.5 Å². The topological polar surface area (TPSA) is 131 Å². The molecule has 0 aliphatic rings. The predicted molar refractivity (Wildman–Crippen MR) is 133 cm³/mol. The zero-order valence-electron chi connectivity index (χ0n) is 18.8. The molecule has 0 bridgehead atoms. The van der Waals surface area contributed by atoms with Crippen LogP contribution in [0.3, 0.4) is 0 Å². The summed E-state index contributed by atoms with van der Waals surface area (Å²) < 4.78 is 38.0. The Bertz CT molecular complexity index is 1400. The van der Waals surface area contributed by atoms with Crippen molar-refractivity contribution in [3.63, 3.8) is 0 Å². The van der Waals surface area contributed by atoms with Crippen LogP contribution in [0, 0.1) is 18.3 Å². The van der Waals surface area contributed by atoms with E-state index in [1.165, 1.54) is 6.08 Å². The van der Waals surface area contributed by atoms with Crippen molar-refractivity contribution in [2.75, 3.05) is 24.8 Å². The molecule has 12 heteroatoms.